The number of para-hydroxylation sites is 3. The third-order valence-corrected chi connectivity index (χ3v) is 9.00. The van der Waals surface area contributed by atoms with Gasteiger partial charge in [0.25, 0.3) is 0 Å². The molecule has 0 unspecified atom stereocenters. The van der Waals surface area contributed by atoms with Gasteiger partial charge in [0.05, 0.1) is 5.69 Å². The summed E-state index contributed by atoms with van der Waals surface area (Å²) in [4.78, 5) is 4.68. The molecule has 0 fully saturated rings. The van der Waals surface area contributed by atoms with Gasteiger partial charge in [-0.05, 0) is 95.0 Å². The zero-order chi connectivity index (χ0) is 31.2. The van der Waals surface area contributed by atoms with Crippen molar-refractivity contribution in [3.63, 3.8) is 0 Å². The third kappa shape index (κ3) is 4.68. The lowest BCUT2D eigenvalue weighted by Gasteiger charge is -2.29. The van der Waals surface area contributed by atoms with Crippen molar-refractivity contribution in [3.8, 4) is 0 Å². The van der Waals surface area contributed by atoms with E-state index in [9.17, 15) is 0 Å². The van der Waals surface area contributed by atoms with Crippen LogP contribution < -0.4 is 9.80 Å². The highest BCUT2D eigenvalue weighted by molar-refractivity contribution is 6.14. The van der Waals surface area contributed by atoms with Gasteiger partial charge in [-0.1, -0.05) is 103 Å². The first-order chi connectivity index (χ1) is 23.3. The molecule has 0 amide bonds. The highest BCUT2D eigenvalue weighted by Crippen LogP contribution is 2.44. The number of hydrogen-bond donors (Lipinski definition) is 0. The number of fused-ring (bicyclic) bond motifs is 6. The van der Waals surface area contributed by atoms with Crippen molar-refractivity contribution < 1.29 is 4.42 Å². The van der Waals surface area contributed by atoms with E-state index in [-0.39, 0.29) is 0 Å². The number of benzene rings is 8. The maximum atomic E-state index is 6.16. The first kappa shape index (κ1) is 27.0. The number of hydrogen-bond acceptors (Lipinski definition) is 3. The Bertz CT molecular complexity index is 2520. The Morgan fingerprint density at radius 2 is 0.787 bits per heavy atom. The van der Waals surface area contributed by atoms with E-state index in [4.69, 9.17) is 4.42 Å². The van der Waals surface area contributed by atoms with Gasteiger partial charge in [-0.15, -0.1) is 0 Å². The summed E-state index contributed by atoms with van der Waals surface area (Å²) in [6, 6.07) is 64.5. The smallest absolute Gasteiger partial charge is 0.135 e. The summed E-state index contributed by atoms with van der Waals surface area (Å²) in [5, 5.41) is 7.16. The molecule has 0 bridgehead atoms. The van der Waals surface area contributed by atoms with Crippen LogP contribution in [0.2, 0.25) is 0 Å². The van der Waals surface area contributed by atoms with E-state index in [0.717, 1.165) is 56.1 Å². The Hall–Kier alpha value is -6.32. The van der Waals surface area contributed by atoms with E-state index in [1.807, 2.05) is 12.1 Å². The number of nitrogens with zero attached hydrogens (tertiary/aromatic N) is 2. The molecule has 9 rings (SSSR count). The molecular weight excluding hydrogens is 572 g/mol. The highest BCUT2D eigenvalue weighted by Gasteiger charge is 2.19. The van der Waals surface area contributed by atoms with E-state index >= 15 is 0 Å². The first-order valence-corrected chi connectivity index (χ1v) is 15.9. The molecular formula is C44H30N2O. The molecule has 0 aliphatic heterocycles. The summed E-state index contributed by atoms with van der Waals surface area (Å²) in [6.45, 7) is 0. The highest BCUT2D eigenvalue weighted by atomic mass is 16.3. The molecule has 1 aromatic heterocycles. The van der Waals surface area contributed by atoms with Gasteiger partial charge < -0.3 is 14.2 Å². The second kappa shape index (κ2) is 11.2. The van der Waals surface area contributed by atoms with E-state index in [1.54, 1.807) is 0 Å². The monoisotopic (exact) mass is 602 g/mol. The largest absolute Gasteiger partial charge is 0.456 e. The van der Waals surface area contributed by atoms with Gasteiger partial charge in [0, 0.05) is 44.6 Å². The normalized spacial score (nSPS) is 11.4. The molecule has 9 aromatic rings. The molecule has 1 heterocycles. The van der Waals surface area contributed by atoms with Crippen molar-refractivity contribution in [3.05, 3.63) is 182 Å². The van der Waals surface area contributed by atoms with Crippen molar-refractivity contribution in [2.75, 3.05) is 9.80 Å². The van der Waals surface area contributed by atoms with Gasteiger partial charge in [0.15, 0.2) is 0 Å². The van der Waals surface area contributed by atoms with Gasteiger partial charge in [-0.25, -0.2) is 0 Å². The molecule has 3 nitrogen and oxygen atoms in total. The van der Waals surface area contributed by atoms with Crippen molar-refractivity contribution in [2.45, 2.75) is 0 Å². The molecule has 222 valence electrons. The van der Waals surface area contributed by atoms with Crippen LogP contribution in [-0.4, -0.2) is 0 Å². The number of rotatable bonds is 6. The molecule has 0 aliphatic carbocycles. The molecule has 3 heteroatoms. The molecule has 0 radical (unpaired) electrons. The number of anilines is 6. The summed E-state index contributed by atoms with van der Waals surface area (Å²) >= 11 is 0. The van der Waals surface area contributed by atoms with Crippen LogP contribution in [0.4, 0.5) is 34.1 Å². The van der Waals surface area contributed by atoms with Crippen molar-refractivity contribution in [2.24, 2.45) is 0 Å². The molecule has 0 saturated carbocycles. The Labute approximate surface area is 273 Å². The predicted molar refractivity (Wildman–Crippen MR) is 198 cm³/mol. The molecule has 0 atom stereocenters. The van der Waals surface area contributed by atoms with Gasteiger partial charge in [-0.3, -0.25) is 0 Å². The summed E-state index contributed by atoms with van der Waals surface area (Å²) in [7, 11) is 0. The van der Waals surface area contributed by atoms with Crippen LogP contribution in [0.1, 0.15) is 0 Å². The lowest BCUT2D eigenvalue weighted by atomic mass is 9.99. The Morgan fingerprint density at radius 1 is 0.298 bits per heavy atom. The minimum Gasteiger partial charge on any atom is -0.456 e. The van der Waals surface area contributed by atoms with Gasteiger partial charge in [0.1, 0.15) is 11.2 Å². The maximum Gasteiger partial charge on any atom is 0.135 e. The summed E-state index contributed by atoms with van der Waals surface area (Å²) in [6.07, 6.45) is 0. The lowest BCUT2D eigenvalue weighted by Crippen LogP contribution is -2.12. The van der Waals surface area contributed by atoms with Crippen LogP contribution in [0.5, 0.6) is 0 Å². The van der Waals surface area contributed by atoms with Gasteiger partial charge in [-0.2, -0.15) is 0 Å². The summed E-state index contributed by atoms with van der Waals surface area (Å²) in [5.41, 5.74) is 8.37. The standard InChI is InChI=1S/C44H30N2O/c1-3-14-32(15-4-1)45(36-27-28-44-41(30-36)40-21-11-12-22-43(40)47-44)34-23-25-35(26-24-34)46(33-16-5-2-6-17-33)42-29-31-13-7-8-18-37(31)38-19-9-10-20-39(38)42/h1-30H. The zero-order valence-electron chi connectivity index (χ0n) is 25.6. The Morgan fingerprint density at radius 3 is 1.51 bits per heavy atom. The van der Waals surface area contributed by atoms with Gasteiger partial charge >= 0.3 is 0 Å². The van der Waals surface area contributed by atoms with Crippen molar-refractivity contribution >= 4 is 77.6 Å². The van der Waals surface area contributed by atoms with Crippen molar-refractivity contribution in [1.29, 1.82) is 0 Å². The van der Waals surface area contributed by atoms with Crippen LogP contribution in [0.3, 0.4) is 0 Å². The van der Waals surface area contributed by atoms with E-state index in [0.29, 0.717) is 0 Å². The maximum absolute atomic E-state index is 6.16. The molecule has 0 spiro atoms. The number of furan rings is 1. The molecule has 0 saturated heterocycles. The SMILES string of the molecule is c1ccc(N(c2ccc(N(c3ccccc3)c3cc4ccccc4c4ccccc34)cc2)c2ccc3oc4ccccc4c3c2)cc1. The quantitative estimate of drug-likeness (QED) is 0.177. The molecule has 0 aliphatic rings. The fourth-order valence-electron chi connectivity index (χ4n) is 6.85. The zero-order valence-corrected chi connectivity index (χ0v) is 25.6. The van der Waals surface area contributed by atoms with Crippen LogP contribution in [0, 0.1) is 0 Å². The first-order valence-electron chi connectivity index (χ1n) is 15.9. The third-order valence-electron chi connectivity index (χ3n) is 9.00. The Balaban J connectivity index is 1.20. The van der Waals surface area contributed by atoms with Crippen LogP contribution in [-0.2, 0) is 0 Å². The average molecular weight is 603 g/mol. The minimum absolute atomic E-state index is 0.888. The minimum atomic E-state index is 0.888. The predicted octanol–water partition coefficient (Wildman–Crippen LogP) is 12.8. The van der Waals surface area contributed by atoms with Gasteiger partial charge in [0.2, 0.25) is 0 Å². The molecule has 47 heavy (non-hydrogen) atoms. The second-order valence-corrected chi connectivity index (χ2v) is 11.8. The van der Waals surface area contributed by atoms with E-state index < -0.39 is 0 Å². The second-order valence-electron chi connectivity index (χ2n) is 11.8. The van der Waals surface area contributed by atoms with Crippen LogP contribution in [0.15, 0.2) is 186 Å². The topological polar surface area (TPSA) is 19.6 Å². The van der Waals surface area contributed by atoms with E-state index in [1.165, 1.54) is 21.5 Å². The van der Waals surface area contributed by atoms with Crippen LogP contribution >= 0.6 is 0 Å². The summed E-state index contributed by atoms with van der Waals surface area (Å²) in [5.74, 6) is 0. The lowest BCUT2D eigenvalue weighted by molar-refractivity contribution is 0.669. The van der Waals surface area contributed by atoms with Crippen LogP contribution in [0.25, 0.3) is 43.5 Å². The molecule has 8 aromatic carbocycles. The summed E-state index contributed by atoms with van der Waals surface area (Å²) < 4.78 is 6.16. The average Bonchev–Trinajstić information content (AvgIpc) is 3.52. The van der Waals surface area contributed by atoms with Crippen molar-refractivity contribution in [1.82, 2.24) is 0 Å². The molecule has 0 N–H and O–H groups in total. The Kier molecular flexibility index (Phi) is 6.46. The van der Waals surface area contributed by atoms with E-state index in [2.05, 4.69) is 180 Å². The fourth-order valence-corrected chi connectivity index (χ4v) is 6.85. The fraction of sp³-hybridized carbons (Fsp3) is 0.